The molecule has 118 valence electrons. The number of methoxy groups -OCH3 is 2. The molecule has 1 atom stereocenters. The van der Waals surface area contributed by atoms with Gasteiger partial charge < -0.3 is 25.1 Å². The second-order valence-corrected chi connectivity index (χ2v) is 6.23. The molecule has 1 aromatic carbocycles. The van der Waals surface area contributed by atoms with E-state index < -0.39 is 0 Å². The Kier molecular flexibility index (Phi) is 3.43. The summed E-state index contributed by atoms with van der Waals surface area (Å²) in [5, 5.41) is 7.72. The van der Waals surface area contributed by atoms with Gasteiger partial charge >= 0.3 is 0 Å². The Morgan fingerprint density at radius 1 is 1.13 bits per heavy atom. The molecule has 4 rings (SSSR count). The fraction of sp³-hybridized carbons (Fsp3) is 0.176. The number of aromatic nitrogens is 1. The van der Waals surface area contributed by atoms with Gasteiger partial charge in [0.05, 0.1) is 28.7 Å². The minimum atomic E-state index is -0.0791. The van der Waals surface area contributed by atoms with Crippen LogP contribution in [0.3, 0.4) is 0 Å². The number of fused-ring (bicyclic) bond motifs is 3. The van der Waals surface area contributed by atoms with Crippen LogP contribution in [0.1, 0.15) is 11.3 Å². The van der Waals surface area contributed by atoms with Crippen LogP contribution in [0.4, 0.5) is 0 Å². The average Bonchev–Trinajstić information content (AvgIpc) is 3.17. The van der Waals surface area contributed by atoms with Gasteiger partial charge in [0, 0.05) is 29.8 Å². The van der Waals surface area contributed by atoms with E-state index in [1.807, 2.05) is 30.6 Å². The Hall–Kier alpha value is -2.18. The maximum atomic E-state index is 5.51. The fourth-order valence-electron chi connectivity index (χ4n) is 3.05. The van der Waals surface area contributed by atoms with Crippen LogP contribution in [-0.4, -0.2) is 25.3 Å². The molecule has 6 heteroatoms. The maximum absolute atomic E-state index is 5.51. The number of aromatic amines is 1. The Morgan fingerprint density at radius 2 is 2.00 bits per heavy atom. The molecule has 2 aliphatic rings. The summed E-state index contributed by atoms with van der Waals surface area (Å²) in [4.78, 5) is 3.50. The van der Waals surface area contributed by atoms with Gasteiger partial charge in [-0.3, -0.25) is 0 Å². The predicted molar refractivity (Wildman–Crippen MR) is 94.7 cm³/mol. The smallest absolute Gasteiger partial charge is 0.133 e. The van der Waals surface area contributed by atoms with Crippen molar-refractivity contribution in [2.75, 3.05) is 14.2 Å². The Morgan fingerprint density at radius 3 is 2.78 bits per heavy atom. The highest BCUT2D eigenvalue weighted by atomic mass is 79.9. The van der Waals surface area contributed by atoms with E-state index in [1.54, 1.807) is 14.2 Å². The van der Waals surface area contributed by atoms with Crippen LogP contribution in [0.15, 0.2) is 40.8 Å². The van der Waals surface area contributed by atoms with E-state index in [2.05, 4.69) is 37.6 Å². The third-order valence-corrected chi connectivity index (χ3v) is 4.78. The Labute approximate surface area is 142 Å². The number of hydrogen-bond acceptors (Lipinski definition) is 4. The van der Waals surface area contributed by atoms with Crippen LogP contribution in [0.5, 0.6) is 5.75 Å². The first kappa shape index (κ1) is 14.4. The number of nitrogens with one attached hydrogen (secondary N) is 3. The predicted octanol–water partition coefficient (Wildman–Crippen LogP) is 3.31. The molecule has 0 amide bonds. The maximum Gasteiger partial charge on any atom is 0.133 e. The monoisotopic (exact) mass is 373 g/mol. The topological polar surface area (TPSA) is 58.3 Å². The minimum Gasteiger partial charge on any atom is -0.496 e. The molecule has 0 bridgehead atoms. The van der Waals surface area contributed by atoms with E-state index in [1.165, 1.54) is 0 Å². The molecule has 2 aliphatic heterocycles. The van der Waals surface area contributed by atoms with Crippen LogP contribution in [-0.2, 0) is 4.74 Å². The van der Waals surface area contributed by atoms with Gasteiger partial charge in [-0.15, -0.1) is 0 Å². The van der Waals surface area contributed by atoms with Crippen LogP contribution in [0, 0.1) is 0 Å². The molecule has 0 aliphatic carbocycles. The largest absolute Gasteiger partial charge is 0.496 e. The first-order chi connectivity index (χ1) is 11.2. The van der Waals surface area contributed by atoms with Gasteiger partial charge in [-0.25, -0.2) is 0 Å². The van der Waals surface area contributed by atoms with E-state index in [4.69, 9.17) is 9.47 Å². The normalized spacial score (nSPS) is 22.1. The number of hydrogen-bond donors (Lipinski definition) is 3. The molecular formula is C17H16BrN3O2. The van der Waals surface area contributed by atoms with Crippen molar-refractivity contribution in [1.82, 2.24) is 15.6 Å². The highest BCUT2D eigenvalue weighted by Crippen LogP contribution is 2.37. The Balaban J connectivity index is 1.94. The molecule has 23 heavy (non-hydrogen) atoms. The summed E-state index contributed by atoms with van der Waals surface area (Å²) in [5.74, 6) is 0.816. The lowest BCUT2D eigenvalue weighted by molar-refractivity contribution is 0.170. The summed E-state index contributed by atoms with van der Waals surface area (Å²) in [7, 11) is 3.38. The van der Waals surface area contributed by atoms with Crippen molar-refractivity contribution in [3.05, 3.63) is 52.0 Å². The molecule has 0 fully saturated rings. The van der Waals surface area contributed by atoms with Gasteiger partial charge in [0.2, 0.25) is 0 Å². The van der Waals surface area contributed by atoms with Gasteiger partial charge in [0.15, 0.2) is 0 Å². The van der Waals surface area contributed by atoms with Crippen molar-refractivity contribution in [3.8, 4) is 5.75 Å². The van der Waals surface area contributed by atoms with Gasteiger partial charge in [0.1, 0.15) is 11.9 Å². The molecule has 1 aromatic heterocycles. The van der Waals surface area contributed by atoms with Gasteiger partial charge in [-0.2, -0.15) is 0 Å². The molecule has 0 saturated carbocycles. The molecule has 0 spiro atoms. The minimum absolute atomic E-state index is 0.0791. The van der Waals surface area contributed by atoms with E-state index in [0.29, 0.717) is 0 Å². The second kappa shape index (κ2) is 5.47. The molecule has 2 aromatic rings. The molecule has 0 radical (unpaired) electrons. The van der Waals surface area contributed by atoms with E-state index in [9.17, 15) is 0 Å². The molecule has 0 saturated heterocycles. The standard InChI is InChI=1S/C17H16BrN3O2/c1-22-13-4-6-19-16(13)17-15-9(3-5-20-17)10-7-14(23-2)11(18)8-12(10)21-15/h3-8,13,19-21H,1-2H3. The van der Waals surface area contributed by atoms with Crippen molar-refractivity contribution >= 4 is 38.6 Å². The van der Waals surface area contributed by atoms with Crippen molar-refractivity contribution < 1.29 is 9.47 Å². The number of halogens is 1. The van der Waals surface area contributed by atoms with Crippen LogP contribution in [0.2, 0.25) is 0 Å². The number of benzene rings is 1. The Bertz CT molecular complexity index is 880. The zero-order valence-corrected chi connectivity index (χ0v) is 14.3. The average molecular weight is 374 g/mol. The van der Waals surface area contributed by atoms with E-state index in [0.717, 1.165) is 43.8 Å². The van der Waals surface area contributed by atoms with Crippen molar-refractivity contribution in [2.45, 2.75) is 6.10 Å². The molecule has 3 heterocycles. The first-order valence-electron chi connectivity index (χ1n) is 7.25. The lowest BCUT2D eigenvalue weighted by Gasteiger charge is -2.19. The quantitative estimate of drug-likeness (QED) is 0.755. The number of H-pyrrole nitrogens is 1. The first-order valence-corrected chi connectivity index (χ1v) is 8.05. The van der Waals surface area contributed by atoms with Crippen molar-refractivity contribution in [1.29, 1.82) is 0 Å². The van der Waals surface area contributed by atoms with E-state index in [-0.39, 0.29) is 6.10 Å². The highest BCUT2D eigenvalue weighted by Gasteiger charge is 2.25. The SMILES string of the molecule is COc1cc2c3c([nH]c2cc1Br)C(=C1NC=CC1OC)NC=C3. The lowest BCUT2D eigenvalue weighted by Crippen LogP contribution is -2.22. The summed E-state index contributed by atoms with van der Waals surface area (Å²) < 4.78 is 11.9. The number of rotatable bonds is 2. The van der Waals surface area contributed by atoms with Gasteiger partial charge in [-0.05, 0) is 46.4 Å². The molecular weight excluding hydrogens is 358 g/mol. The third kappa shape index (κ3) is 2.17. The second-order valence-electron chi connectivity index (χ2n) is 5.37. The molecule has 1 unspecified atom stereocenters. The third-order valence-electron chi connectivity index (χ3n) is 4.16. The van der Waals surface area contributed by atoms with Crippen molar-refractivity contribution in [2.24, 2.45) is 0 Å². The summed E-state index contributed by atoms with van der Waals surface area (Å²) in [6.45, 7) is 0. The fourth-order valence-corrected chi connectivity index (χ4v) is 3.56. The van der Waals surface area contributed by atoms with E-state index >= 15 is 0 Å². The van der Waals surface area contributed by atoms with Crippen LogP contribution >= 0.6 is 15.9 Å². The zero-order chi connectivity index (χ0) is 16.0. The zero-order valence-electron chi connectivity index (χ0n) is 12.7. The lowest BCUT2D eigenvalue weighted by atomic mass is 10.0. The van der Waals surface area contributed by atoms with Gasteiger partial charge in [-0.1, -0.05) is 0 Å². The summed E-state index contributed by atoms with van der Waals surface area (Å²) in [6.07, 6.45) is 7.82. The summed E-state index contributed by atoms with van der Waals surface area (Å²) >= 11 is 3.54. The van der Waals surface area contributed by atoms with Crippen molar-refractivity contribution in [3.63, 3.8) is 0 Å². The highest BCUT2D eigenvalue weighted by molar-refractivity contribution is 9.10. The summed E-state index contributed by atoms with van der Waals surface area (Å²) in [6, 6.07) is 4.08. The molecule has 5 nitrogen and oxygen atoms in total. The van der Waals surface area contributed by atoms with Crippen LogP contribution < -0.4 is 15.4 Å². The van der Waals surface area contributed by atoms with Crippen LogP contribution in [0.25, 0.3) is 22.7 Å². The number of ether oxygens (including phenoxy) is 2. The summed E-state index contributed by atoms with van der Waals surface area (Å²) in [5.41, 5.74) is 5.21. The van der Waals surface area contributed by atoms with Gasteiger partial charge in [0.25, 0.3) is 0 Å². The molecule has 3 N–H and O–H groups in total.